The summed E-state index contributed by atoms with van der Waals surface area (Å²) in [5, 5.41) is 6.43. The summed E-state index contributed by atoms with van der Waals surface area (Å²) in [6.07, 6.45) is 3.31. The quantitative estimate of drug-likeness (QED) is 0.861. The second-order valence-electron chi connectivity index (χ2n) is 6.27. The van der Waals surface area contributed by atoms with Gasteiger partial charge in [0.25, 0.3) is 0 Å². The first-order chi connectivity index (χ1) is 9.67. The molecule has 0 bridgehead atoms. The van der Waals surface area contributed by atoms with Crippen LogP contribution in [0.3, 0.4) is 0 Å². The van der Waals surface area contributed by atoms with Gasteiger partial charge in [-0.05, 0) is 43.9 Å². The number of benzene rings is 1. The highest BCUT2D eigenvalue weighted by Crippen LogP contribution is 2.61. The van der Waals surface area contributed by atoms with Crippen LogP contribution >= 0.6 is 0 Å². The van der Waals surface area contributed by atoms with Crippen LogP contribution in [-0.2, 0) is 16.6 Å². The number of hydrogen-bond donors (Lipinski definition) is 2. The number of amides is 1. The van der Waals surface area contributed by atoms with Crippen LogP contribution in [0.15, 0.2) is 24.3 Å². The first-order valence-corrected chi connectivity index (χ1v) is 7.77. The average molecular weight is 272 g/mol. The summed E-state index contributed by atoms with van der Waals surface area (Å²) in [7, 11) is 0. The summed E-state index contributed by atoms with van der Waals surface area (Å²) in [5.74, 6) is 0.437. The van der Waals surface area contributed by atoms with Crippen LogP contribution in [-0.4, -0.2) is 25.0 Å². The Balaban J connectivity index is 1.61. The third-order valence-electron chi connectivity index (χ3n) is 4.92. The molecule has 20 heavy (non-hydrogen) atoms. The zero-order chi connectivity index (χ0) is 14.2. The molecule has 0 heterocycles. The molecule has 1 amide bonds. The van der Waals surface area contributed by atoms with Gasteiger partial charge >= 0.3 is 0 Å². The molecule has 1 aromatic rings. The molecule has 2 aliphatic rings. The lowest BCUT2D eigenvalue weighted by atomic mass is 9.95. The van der Waals surface area contributed by atoms with Gasteiger partial charge in [0.1, 0.15) is 0 Å². The molecule has 0 aromatic heterocycles. The molecule has 108 valence electrons. The van der Waals surface area contributed by atoms with Gasteiger partial charge in [0.05, 0.1) is 0 Å². The molecule has 3 atom stereocenters. The van der Waals surface area contributed by atoms with E-state index >= 15 is 0 Å². The van der Waals surface area contributed by atoms with Crippen molar-refractivity contribution in [2.45, 2.75) is 44.6 Å². The minimum absolute atomic E-state index is 0.169. The summed E-state index contributed by atoms with van der Waals surface area (Å²) < 4.78 is 0. The molecule has 0 saturated heterocycles. The van der Waals surface area contributed by atoms with E-state index in [0.717, 1.165) is 32.4 Å². The minimum Gasteiger partial charge on any atom is -0.354 e. The molecule has 2 unspecified atom stereocenters. The Morgan fingerprint density at radius 3 is 3.05 bits per heavy atom. The van der Waals surface area contributed by atoms with Crippen molar-refractivity contribution in [2.24, 2.45) is 5.92 Å². The summed E-state index contributed by atoms with van der Waals surface area (Å²) >= 11 is 0. The van der Waals surface area contributed by atoms with Crippen molar-refractivity contribution in [1.82, 2.24) is 10.6 Å². The molecule has 0 aliphatic heterocycles. The fourth-order valence-electron chi connectivity index (χ4n) is 3.74. The van der Waals surface area contributed by atoms with Crippen molar-refractivity contribution in [1.29, 1.82) is 0 Å². The van der Waals surface area contributed by atoms with Gasteiger partial charge in [-0.2, -0.15) is 0 Å². The molecule has 3 nitrogen and oxygen atoms in total. The van der Waals surface area contributed by atoms with Crippen LogP contribution in [0.25, 0.3) is 0 Å². The van der Waals surface area contributed by atoms with Gasteiger partial charge in [-0.15, -0.1) is 0 Å². The molecular formula is C17H24N2O. The molecule has 1 aromatic carbocycles. The molecule has 0 radical (unpaired) electrons. The highest BCUT2D eigenvalue weighted by atomic mass is 16.2. The molecule has 1 fully saturated rings. The van der Waals surface area contributed by atoms with Crippen molar-refractivity contribution in [3.05, 3.63) is 35.4 Å². The topological polar surface area (TPSA) is 41.1 Å². The van der Waals surface area contributed by atoms with Gasteiger partial charge in [-0.25, -0.2) is 0 Å². The number of carbonyl (C=O) groups is 1. The van der Waals surface area contributed by atoms with Gasteiger partial charge in [0.2, 0.25) is 5.91 Å². The number of hydrogen-bond acceptors (Lipinski definition) is 2. The fraction of sp³-hybridized carbons (Fsp3) is 0.588. The average Bonchev–Trinajstić information content (AvgIpc) is 3.07. The number of aryl methyl sites for hydroxylation is 1. The van der Waals surface area contributed by atoms with E-state index in [1.165, 1.54) is 11.1 Å². The third kappa shape index (κ3) is 2.24. The zero-order valence-electron chi connectivity index (χ0n) is 12.4. The van der Waals surface area contributed by atoms with E-state index in [9.17, 15) is 4.79 Å². The van der Waals surface area contributed by atoms with Crippen LogP contribution in [0.5, 0.6) is 0 Å². The van der Waals surface area contributed by atoms with E-state index in [1.54, 1.807) is 0 Å². The van der Waals surface area contributed by atoms with Gasteiger partial charge in [-0.3, -0.25) is 4.79 Å². The highest BCUT2D eigenvalue weighted by molar-refractivity contribution is 5.85. The van der Waals surface area contributed by atoms with E-state index in [2.05, 4.69) is 48.7 Å². The summed E-state index contributed by atoms with van der Waals surface area (Å²) in [6.45, 7) is 5.86. The third-order valence-corrected chi connectivity index (χ3v) is 4.92. The minimum atomic E-state index is 0.169. The van der Waals surface area contributed by atoms with E-state index in [4.69, 9.17) is 0 Å². The number of fused-ring (bicyclic) bond motifs is 2. The standard InChI is InChI=1S/C17H24N2O/c1-3-18-12(2)11-19-16(20)15-10-17(15)9-8-13-6-4-5-7-14(13)17/h4-7,12,15,18H,3,8-11H2,1-2H3,(H,19,20)/t12-,15?,17?/m1/s1. The van der Waals surface area contributed by atoms with Gasteiger partial charge in [0, 0.05) is 23.9 Å². The number of nitrogens with one attached hydrogen (secondary N) is 2. The Labute approximate surface area is 121 Å². The molecule has 2 aliphatic carbocycles. The number of likely N-dealkylation sites (N-methyl/N-ethyl adjacent to an activating group) is 1. The predicted octanol–water partition coefficient (Wildman–Crippen LogP) is 2.00. The number of rotatable bonds is 5. The van der Waals surface area contributed by atoms with Crippen molar-refractivity contribution in [3.63, 3.8) is 0 Å². The molecule has 3 rings (SSSR count). The van der Waals surface area contributed by atoms with Crippen molar-refractivity contribution in [3.8, 4) is 0 Å². The SMILES string of the molecule is CCN[C@H](C)CNC(=O)C1CC12CCc1ccccc12. The van der Waals surface area contributed by atoms with Crippen LogP contribution in [0.2, 0.25) is 0 Å². The Bertz CT molecular complexity index is 513. The lowest BCUT2D eigenvalue weighted by Gasteiger charge is -2.15. The summed E-state index contributed by atoms with van der Waals surface area (Å²) in [4.78, 5) is 12.3. The Kier molecular flexibility index (Phi) is 3.55. The Morgan fingerprint density at radius 1 is 1.45 bits per heavy atom. The lowest BCUT2D eigenvalue weighted by Crippen LogP contribution is -2.40. The second kappa shape index (κ2) is 5.21. The maximum atomic E-state index is 12.3. The Hall–Kier alpha value is -1.35. The summed E-state index contributed by atoms with van der Waals surface area (Å²) in [5.41, 5.74) is 3.05. The molecule has 1 saturated carbocycles. The van der Waals surface area contributed by atoms with Crippen molar-refractivity contribution >= 4 is 5.91 Å². The molecular weight excluding hydrogens is 248 g/mol. The van der Waals surface area contributed by atoms with Gasteiger partial charge in [0.15, 0.2) is 0 Å². The summed E-state index contributed by atoms with van der Waals surface area (Å²) in [6, 6.07) is 8.98. The molecule has 3 heteroatoms. The van der Waals surface area contributed by atoms with Gasteiger partial charge in [-0.1, -0.05) is 31.2 Å². The van der Waals surface area contributed by atoms with Crippen molar-refractivity contribution < 1.29 is 4.79 Å². The zero-order valence-corrected chi connectivity index (χ0v) is 12.4. The van der Waals surface area contributed by atoms with Crippen LogP contribution in [0, 0.1) is 5.92 Å². The van der Waals surface area contributed by atoms with E-state index in [0.29, 0.717) is 6.04 Å². The fourth-order valence-corrected chi connectivity index (χ4v) is 3.74. The van der Waals surface area contributed by atoms with E-state index in [-0.39, 0.29) is 17.2 Å². The monoisotopic (exact) mass is 272 g/mol. The molecule has 1 spiro atoms. The smallest absolute Gasteiger partial charge is 0.224 e. The number of carbonyl (C=O) groups excluding carboxylic acids is 1. The van der Waals surface area contributed by atoms with Crippen molar-refractivity contribution in [2.75, 3.05) is 13.1 Å². The van der Waals surface area contributed by atoms with Gasteiger partial charge < -0.3 is 10.6 Å². The van der Waals surface area contributed by atoms with E-state index < -0.39 is 0 Å². The first-order valence-electron chi connectivity index (χ1n) is 7.77. The Morgan fingerprint density at radius 2 is 2.25 bits per heavy atom. The lowest BCUT2D eigenvalue weighted by molar-refractivity contribution is -0.122. The van der Waals surface area contributed by atoms with Crippen LogP contribution < -0.4 is 10.6 Å². The predicted molar refractivity (Wildman–Crippen MR) is 80.7 cm³/mol. The van der Waals surface area contributed by atoms with E-state index in [1.807, 2.05) is 0 Å². The second-order valence-corrected chi connectivity index (χ2v) is 6.27. The molecule has 2 N–H and O–H groups in total. The maximum absolute atomic E-state index is 12.3. The first kappa shape index (κ1) is 13.6. The largest absolute Gasteiger partial charge is 0.354 e. The van der Waals surface area contributed by atoms with Crippen LogP contribution in [0.4, 0.5) is 0 Å². The maximum Gasteiger partial charge on any atom is 0.224 e. The highest BCUT2D eigenvalue weighted by Gasteiger charge is 2.61. The normalized spacial score (nSPS) is 28.2. The van der Waals surface area contributed by atoms with Crippen LogP contribution in [0.1, 0.15) is 37.8 Å².